The molecule has 0 amide bonds. The Kier molecular flexibility index (Phi) is 3.69. The molecule has 0 heterocycles. The van der Waals surface area contributed by atoms with Crippen LogP contribution in [0.2, 0.25) is 0 Å². The molecule has 0 aliphatic rings. The maximum Gasteiger partial charge on any atom is 0.446 e. The summed E-state index contributed by atoms with van der Waals surface area (Å²) >= 11 is 0. The van der Waals surface area contributed by atoms with Crippen LogP contribution in [0.25, 0.3) is 0 Å². The molecule has 0 spiro atoms. The second-order valence-corrected chi connectivity index (χ2v) is 2.46. The molecule has 0 aromatic carbocycles. The first-order valence-corrected chi connectivity index (χ1v) is 4.00. The third kappa shape index (κ3) is 6.94. The Morgan fingerprint density at radius 1 is 1.64 bits per heavy atom. The molecule has 0 aliphatic carbocycles. The number of aliphatic hydroxyl groups excluding tert-OH is 1. The van der Waals surface area contributed by atoms with E-state index in [-0.39, 0.29) is 6.61 Å². The molecule has 0 aromatic heterocycles. The molecular weight excluding hydrogens is 176 g/mol. The molecule has 0 saturated carbocycles. The molecule has 0 unspecified atom stereocenters. The Bertz CT molecular complexity index is 227. The van der Waals surface area contributed by atoms with E-state index >= 15 is 0 Å². The van der Waals surface area contributed by atoms with Gasteiger partial charge in [-0.25, -0.2) is 0 Å². The maximum absolute atomic E-state index is 9.86. The zero-order valence-electron chi connectivity index (χ0n) is 5.72. The van der Waals surface area contributed by atoms with Crippen LogP contribution >= 0.6 is 0 Å². The molecule has 11 heavy (non-hydrogen) atoms. The van der Waals surface area contributed by atoms with Gasteiger partial charge in [-0.05, 0) is 6.92 Å². The summed E-state index contributed by atoms with van der Waals surface area (Å²) in [6.07, 6.45) is 0.374. The highest BCUT2D eigenvalue weighted by Crippen LogP contribution is 1.94. The summed E-state index contributed by atoms with van der Waals surface area (Å²) in [5.74, 6) is -0.717. The van der Waals surface area contributed by atoms with Crippen LogP contribution < -0.4 is 0 Å². The standard InChI is InChI=1S/C4H8O6S/c1-2-9-4(5)3-10-11(6,7)8/h3,5H,2H2,1H3,(H,6,7,8)/b4-3+. The summed E-state index contributed by atoms with van der Waals surface area (Å²) in [4.78, 5) is 0. The minimum absolute atomic E-state index is 0.164. The van der Waals surface area contributed by atoms with Gasteiger partial charge in [-0.1, -0.05) is 0 Å². The molecule has 0 aromatic rings. The van der Waals surface area contributed by atoms with Gasteiger partial charge in [-0.15, -0.1) is 0 Å². The molecule has 6 nitrogen and oxygen atoms in total. The van der Waals surface area contributed by atoms with Crippen molar-refractivity contribution in [2.45, 2.75) is 6.92 Å². The Hall–Kier alpha value is -0.950. The smallest absolute Gasteiger partial charge is 0.446 e. The summed E-state index contributed by atoms with van der Waals surface area (Å²) < 4.78 is 35.7. The van der Waals surface area contributed by atoms with E-state index in [9.17, 15) is 8.42 Å². The molecule has 0 radical (unpaired) electrons. The van der Waals surface area contributed by atoms with Gasteiger partial charge in [0, 0.05) is 0 Å². The van der Waals surface area contributed by atoms with Crippen molar-refractivity contribution in [1.82, 2.24) is 0 Å². The monoisotopic (exact) mass is 184 g/mol. The summed E-state index contributed by atoms with van der Waals surface area (Å²) in [6.45, 7) is 1.74. The Morgan fingerprint density at radius 2 is 2.18 bits per heavy atom. The lowest BCUT2D eigenvalue weighted by Gasteiger charge is -1.98. The molecule has 66 valence electrons. The number of rotatable bonds is 4. The molecule has 0 atom stereocenters. The first-order valence-electron chi connectivity index (χ1n) is 2.63. The van der Waals surface area contributed by atoms with Gasteiger partial charge in [0.05, 0.1) is 6.61 Å². The zero-order chi connectivity index (χ0) is 8.91. The van der Waals surface area contributed by atoms with Gasteiger partial charge < -0.3 is 14.0 Å². The minimum atomic E-state index is -4.55. The summed E-state index contributed by atoms with van der Waals surface area (Å²) in [7, 11) is -4.55. The zero-order valence-corrected chi connectivity index (χ0v) is 6.54. The van der Waals surface area contributed by atoms with Crippen LogP contribution in [0.3, 0.4) is 0 Å². The predicted molar refractivity (Wildman–Crippen MR) is 35.0 cm³/mol. The van der Waals surface area contributed by atoms with Crippen LogP contribution in [0.15, 0.2) is 12.2 Å². The fraction of sp³-hybridized carbons (Fsp3) is 0.500. The van der Waals surface area contributed by atoms with Crippen molar-refractivity contribution in [3.8, 4) is 0 Å². The second kappa shape index (κ2) is 4.04. The number of hydrogen-bond donors (Lipinski definition) is 2. The van der Waals surface area contributed by atoms with Gasteiger partial charge in [-0.3, -0.25) is 4.55 Å². The van der Waals surface area contributed by atoms with Gasteiger partial charge in [0.15, 0.2) is 6.26 Å². The average molecular weight is 184 g/mol. The van der Waals surface area contributed by atoms with Crippen molar-refractivity contribution >= 4 is 10.4 Å². The molecular formula is C4H8O6S. The quantitative estimate of drug-likeness (QED) is 0.478. The first-order chi connectivity index (χ1) is 4.95. The molecule has 7 heteroatoms. The SMILES string of the molecule is CCO/C(O)=C/OS(=O)(=O)O. The van der Waals surface area contributed by atoms with Crippen LogP contribution in [0, 0.1) is 0 Å². The number of ether oxygens (including phenoxy) is 1. The van der Waals surface area contributed by atoms with Gasteiger partial charge in [0.1, 0.15) is 0 Å². The van der Waals surface area contributed by atoms with E-state index < -0.39 is 16.3 Å². The van der Waals surface area contributed by atoms with Crippen molar-refractivity contribution in [1.29, 1.82) is 0 Å². The van der Waals surface area contributed by atoms with E-state index in [1.807, 2.05) is 0 Å². The van der Waals surface area contributed by atoms with Crippen molar-refractivity contribution < 1.29 is 27.0 Å². The largest absolute Gasteiger partial charge is 0.479 e. The lowest BCUT2D eigenvalue weighted by atomic mass is 10.8. The summed E-state index contributed by atoms with van der Waals surface area (Å²) in [5, 5.41) is 8.55. The van der Waals surface area contributed by atoms with Gasteiger partial charge in [0.2, 0.25) is 0 Å². The van der Waals surface area contributed by atoms with Gasteiger partial charge >= 0.3 is 16.3 Å². The molecule has 0 saturated heterocycles. The third-order valence-electron chi connectivity index (χ3n) is 0.563. The predicted octanol–water partition coefficient (Wildman–Crippen LogP) is 0.199. The Morgan fingerprint density at radius 3 is 2.55 bits per heavy atom. The maximum atomic E-state index is 9.86. The highest BCUT2D eigenvalue weighted by Gasteiger charge is 2.02. The van der Waals surface area contributed by atoms with E-state index in [1.54, 1.807) is 6.92 Å². The topological polar surface area (TPSA) is 93.1 Å². The minimum Gasteiger partial charge on any atom is -0.479 e. The molecule has 2 N–H and O–H groups in total. The van der Waals surface area contributed by atoms with E-state index in [0.29, 0.717) is 6.26 Å². The Labute approximate surface area is 64.0 Å². The number of aliphatic hydroxyl groups is 1. The third-order valence-corrected chi connectivity index (χ3v) is 0.902. The number of hydrogen-bond acceptors (Lipinski definition) is 5. The first kappa shape index (κ1) is 10.0. The van der Waals surface area contributed by atoms with Crippen molar-refractivity contribution in [3.05, 3.63) is 12.2 Å². The van der Waals surface area contributed by atoms with Gasteiger partial charge in [-0.2, -0.15) is 8.42 Å². The lowest BCUT2D eigenvalue weighted by molar-refractivity contribution is 0.0918. The molecule has 0 bridgehead atoms. The lowest BCUT2D eigenvalue weighted by Crippen LogP contribution is -2.00. The summed E-state index contributed by atoms with van der Waals surface area (Å²) in [6, 6.07) is 0. The molecule has 0 aliphatic heterocycles. The fourth-order valence-corrected chi connectivity index (χ4v) is 0.488. The average Bonchev–Trinajstić information content (AvgIpc) is 1.83. The molecule has 0 rings (SSSR count). The van der Waals surface area contributed by atoms with Crippen LogP contribution in [-0.2, 0) is 19.3 Å². The van der Waals surface area contributed by atoms with E-state index in [2.05, 4.69) is 8.92 Å². The van der Waals surface area contributed by atoms with E-state index in [1.165, 1.54) is 0 Å². The van der Waals surface area contributed by atoms with Crippen molar-refractivity contribution in [3.63, 3.8) is 0 Å². The van der Waals surface area contributed by atoms with E-state index in [0.717, 1.165) is 0 Å². The Balaban J connectivity index is 3.93. The van der Waals surface area contributed by atoms with Crippen molar-refractivity contribution in [2.24, 2.45) is 0 Å². The van der Waals surface area contributed by atoms with Crippen LogP contribution in [-0.4, -0.2) is 24.7 Å². The fourth-order valence-electron chi connectivity index (χ4n) is 0.284. The van der Waals surface area contributed by atoms with Crippen molar-refractivity contribution in [2.75, 3.05) is 6.61 Å². The van der Waals surface area contributed by atoms with Crippen LogP contribution in [0.1, 0.15) is 6.92 Å². The normalized spacial score (nSPS) is 12.7. The van der Waals surface area contributed by atoms with Crippen LogP contribution in [0.5, 0.6) is 0 Å². The second-order valence-electron chi connectivity index (χ2n) is 1.41. The van der Waals surface area contributed by atoms with Gasteiger partial charge in [0.25, 0.3) is 0 Å². The highest BCUT2D eigenvalue weighted by atomic mass is 32.3. The van der Waals surface area contributed by atoms with E-state index in [4.69, 9.17) is 9.66 Å². The highest BCUT2D eigenvalue weighted by molar-refractivity contribution is 7.81. The summed E-state index contributed by atoms with van der Waals surface area (Å²) in [5.41, 5.74) is 0. The molecule has 0 fully saturated rings. The van der Waals surface area contributed by atoms with Crippen LogP contribution in [0.4, 0.5) is 0 Å².